The van der Waals surface area contributed by atoms with E-state index in [2.05, 4.69) is 47.1 Å². The van der Waals surface area contributed by atoms with Crippen LogP contribution in [0.2, 0.25) is 0 Å². The van der Waals surface area contributed by atoms with Gasteiger partial charge in [0.05, 0.1) is 12.2 Å². The number of hydrogen-bond acceptors (Lipinski definition) is 2. The van der Waals surface area contributed by atoms with Gasteiger partial charge in [-0.2, -0.15) is 0 Å². The smallest absolute Gasteiger partial charge is 0.0981 e. The fraction of sp³-hybridized carbons (Fsp3) is 0.294. The molecule has 0 radical (unpaired) electrons. The minimum absolute atomic E-state index is 0.00572. The van der Waals surface area contributed by atoms with Crippen molar-refractivity contribution in [1.82, 2.24) is 0 Å². The molecule has 3 heteroatoms. The van der Waals surface area contributed by atoms with Crippen LogP contribution in [0.1, 0.15) is 37.2 Å². The maximum Gasteiger partial charge on any atom is 0.0981 e. The van der Waals surface area contributed by atoms with Gasteiger partial charge in [0.1, 0.15) is 0 Å². The number of benzene rings is 2. The van der Waals surface area contributed by atoms with Crippen LogP contribution in [-0.4, -0.2) is 6.04 Å². The Bertz CT molecular complexity index is 542. The third-order valence-electron chi connectivity index (χ3n) is 3.27. The lowest BCUT2D eigenvalue weighted by molar-refractivity contribution is -0.0162. The highest BCUT2D eigenvalue weighted by Gasteiger charge is 2.20. The number of ether oxygens (including phenoxy) is 1. The Labute approximate surface area is 129 Å². The summed E-state index contributed by atoms with van der Waals surface area (Å²) in [6, 6.07) is 18.2. The molecular formula is C17H20BrNO. The summed E-state index contributed by atoms with van der Waals surface area (Å²) in [6.45, 7) is 4.03. The van der Waals surface area contributed by atoms with Crippen molar-refractivity contribution >= 4 is 15.9 Å². The van der Waals surface area contributed by atoms with Gasteiger partial charge in [0, 0.05) is 10.5 Å². The molecule has 3 atom stereocenters. The quantitative estimate of drug-likeness (QED) is 0.866. The molecule has 0 saturated carbocycles. The highest BCUT2D eigenvalue weighted by atomic mass is 79.9. The fourth-order valence-corrected chi connectivity index (χ4v) is 2.63. The minimum atomic E-state index is -0.122. The Kier molecular flexibility index (Phi) is 5.35. The molecule has 0 heterocycles. The van der Waals surface area contributed by atoms with Crippen LogP contribution < -0.4 is 5.73 Å². The van der Waals surface area contributed by atoms with E-state index in [1.54, 1.807) is 0 Å². The average molecular weight is 334 g/mol. The van der Waals surface area contributed by atoms with Crippen molar-refractivity contribution in [2.75, 3.05) is 0 Å². The monoisotopic (exact) mass is 333 g/mol. The number of rotatable bonds is 5. The summed E-state index contributed by atoms with van der Waals surface area (Å²) in [5, 5.41) is 0. The van der Waals surface area contributed by atoms with Gasteiger partial charge in [-0.1, -0.05) is 58.4 Å². The first kappa shape index (κ1) is 15.2. The van der Waals surface area contributed by atoms with Crippen LogP contribution in [0, 0.1) is 0 Å². The van der Waals surface area contributed by atoms with Crippen molar-refractivity contribution < 1.29 is 4.74 Å². The summed E-state index contributed by atoms with van der Waals surface area (Å²) < 4.78 is 7.23. The van der Waals surface area contributed by atoms with Crippen molar-refractivity contribution in [3.63, 3.8) is 0 Å². The maximum atomic E-state index is 6.19. The first-order chi connectivity index (χ1) is 9.58. The largest absolute Gasteiger partial charge is 0.364 e. The average Bonchev–Trinajstić information content (AvgIpc) is 2.45. The van der Waals surface area contributed by atoms with Crippen molar-refractivity contribution in [2.45, 2.75) is 32.1 Å². The van der Waals surface area contributed by atoms with Gasteiger partial charge in [0.15, 0.2) is 0 Å². The third-order valence-corrected chi connectivity index (χ3v) is 3.77. The van der Waals surface area contributed by atoms with E-state index in [9.17, 15) is 0 Å². The first-order valence-electron chi connectivity index (χ1n) is 6.79. The van der Waals surface area contributed by atoms with Gasteiger partial charge in [-0.15, -0.1) is 0 Å². The second kappa shape index (κ2) is 7.02. The standard InChI is InChI=1S/C17H20BrNO/c1-12(19)17(15-9-6-10-16(18)11-15)20-13(2)14-7-4-3-5-8-14/h3-13,17H,19H2,1-2H3. The molecule has 0 bridgehead atoms. The van der Waals surface area contributed by atoms with Crippen LogP contribution in [-0.2, 0) is 4.74 Å². The Hall–Kier alpha value is -1.16. The van der Waals surface area contributed by atoms with Gasteiger partial charge in [0.25, 0.3) is 0 Å². The molecule has 2 aromatic rings. The van der Waals surface area contributed by atoms with Crippen molar-refractivity contribution in [3.8, 4) is 0 Å². The molecular weight excluding hydrogens is 314 g/mol. The molecule has 20 heavy (non-hydrogen) atoms. The lowest BCUT2D eigenvalue weighted by atomic mass is 10.0. The highest BCUT2D eigenvalue weighted by molar-refractivity contribution is 9.10. The molecule has 0 aromatic heterocycles. The van der Waals surface area contributed by atoms with E-state index in [4.69, 9.17) is 10.5 Å². The predicted molar refractivity (Wildman–Crippen MR) is 86.5 cm³/mol. The van der Waals surface area contributed by atoms with Crippen LogP contribution in [0.15, 0.2) is 59.1 Å². The molecule has 2 rings (SSSR count). The van der Waals surface area contributed by atoms with Gasteiger partial charge in [-0.25, -0.2) is 0 Å². The summed E-state index contributed by atoms with van der Waals surface area (Å²) in [5.74, 6) is 0. The lowest BCUT2D eigenvalue weighted by Crippen LogP contribution is -2.27. The van der Waals surface area contributed by atoms with Crippen molar-refractivity contribution in [2.24, 2.45) is 5.73 Å². The molecule has 0 aliphatic rings. The van der Waals surface area contributed by atoms with Gasteiger partial charge in [-0.3, -0.25) is 0 Å². The second-order valence-corrected chi connectivity index (χ2v) is 5.94. The second-order valence-electron chi connectivity index (χ2n) is 5.02. The van der Waals surface area contributed by atoms with E-state index in [0.29, 0.717) is 0 Å². The highest BCUT2D eigenvalue weighted by Crippen LogP contribution is 2.29. The van der Waals surface area contributed by atoms with E-state index in [1.807, 2.05) is 37.3 Å². The summed E-state index contributed by atoms with van der Waals surface area (Å²) in [7, 11) is 0. The number of hydrogen-bond donors (Lipinski definition) is 1. The molecule has 0 aliphatic heterocycles. The third kappa shape index (κ3) is 3.92. The summed E-state index contributed by atoms with van der Waals surface area (Å²) in [6.07, 6.45) is -0.117. The predicted octanol–water partition coefficient (Wildman–Crippen LogP) is 4.62. The van der Waals surface area contributed by atoms with Crippen molar-refractivity contribution in [3.05, 3.63) is 70.2 Å². The van der Waals surface area contributed by atoms with Gasteiger partial charge >= 0.3 is 0 Å². The van der Waals surface area contributed by atoms with Crippen molar-refractivity contribution in [1.29, 1.82) is 0 Å². The van der Waals surface area contributed by atoms with Crippen LogP contribution in [0.25, 0.3) is 0 Å². The molecule has 0 spiro atoms. The molecule has 0 aliphatic carbocycles. The lowest BCUT2D eigenvalue weighted by Gasteiger charge is -2.26. The van der Waals surface area contributed by atoms with Crippen LogP contribution in [0.5, 0.6) is 0 Å². The van der Waals surface area contributed by atoms with E-state index in [0.717, 1.165) is 15.6 Å². The van der Waals surface area contributed by atoms with E-state index >= 15 is 0 Å². The summed E-state index contributed by atoms with van der Waals surface area (Å²) in [4.78, 5) is 0. The summed E-state index contributed by atoms with van der Waals surface area (Å²) in [5.41, 5.74) is 8.36. The molecule has 2 aromatic carbocycles. The Morgan fingerprint density at radius 3 is 2.20 bits per heavy atom. The molecule has 2 N–H and O–H groups in total. The zero-order valence-corrected chi connectivity index (χ0v) is 13.4. The molecule has 0 saturated heterocycles. The van der Waals surface area contributed by atoms with Crippen LogP contribution in [0.3, 0.4) is 0 Å². The zero-order valence-electron chi connectivity index (χ0n) is 11.8. The SMILES string of the molecule is CC(OC(c1cccc(Br)c1)C(C)N)c1ccccc1. The molecule has 0 amide bonds. The van der Waals surface area contributed by atoms with E-state index in [1.165, 1.54) is 0 Å². The molecule has 0 fully saturated rings. The summed E-state index contributed by atoms with van der Waals surface area (Å²) >= 11 is 3.49. The van der Waals surface area contributed by atoms with E-state index in [-0.39, 0.29) is 18.2 Å². The Morgan fingerprint density at radius 2 is 1.60 bits per heavy atom. The van der Waals surface area contributed by atoms with Gasteiger partial charge in [-0.05, 0) is 37.1 Å². The Balaban J connectivity index is 2.18. The number of halogens is 1. The normalized spacial score (nSPS) is 15.6. The maximum absolute atomic E-state index is 6.19. The minimum Gasteiger partial charge on any atom is -0.364 e. The molecule has 3 unspecified atom stereocenters. The van der Waals surface area contributed by atoms with Crippen LogP contribution in [0.4, 0.5) is 0 Å². The van der Waals surface area contributed by atoms with E-state index < -0.39 is 0 Å². The topological polar surface area (TPSA) is 35.2 Å². The van der Waals surface area contributed by atoms with Gasteiger partial charge < -0.3 is 10.5 Å². The number of nitrogens with two attached hydrogens (primary N) is 1. The first-order valence-corrected chi connectivity index (χ1v) is 7.58. The van der Waals surface area contributed by atoms with Gasteiger partial charge in [0.2, 0.25) is 0 Å². The van der Waals surface area contributed by atoms with Crippen LogP contribution >= 0.6 is 15.9 Å². The molecule has 2 nitrogen and oxygen atoms in total. The molecule has 106 valence electrons. The zero-order chi connectivity index (χ0) is 14.5. The fourth-order valence-electron chi connectivity index (χ4n) is 2.21. The Morgan fingerprint density at radius 1 is 0.950 bits per heavy atom.